The Hall–Kier alpha value is -1.66. The van der Waals surface area contributed by atoms with E-state index in [1.54, 1.807) is 0 Å². The van der Waals surface area contributed by atoms with Crippen molar-refractivity contribution >= 4 is 11.9 Å². The number of carbonyl (C=O) groups is 2. The predicted molar refractivity (Wildman–Crippen MR) is 296 cm³/mol. The van der Waals surface area contributed by atoms with Crippen LogP contribution < -0.4 is 5.32 Å². The summed E-state index contributed by atoms with van der Waals surface area (Å²) in [6.45, 7) is 4.94. The second-order valence-corrected chi connectivity index (χ2v) is 21.0. The molecule has 6 heteroatoms. The Morgan fingerprint density at radius 3 is 1.13 bits per heavy atom. The average Bonchev–Trinajstić information content (AvgIpc) is 3.34. The summed E-state index contributed by atoms with van der Waals surface area (Å²) >= 11 is 0. The second kappa shape index (κ2) is 57.9. The second-order valence-electron chi connectivity index (χ2n) is 21.0. The molecule has 0 aromatic rings. The number of allylic oxidation sites excluding steroid dienone is 4. The number of ether oxygens (including phenoxy) is 1. The van der Waals surface area contributed by atoms with Crippen molar-refractivity contribution < 1.29 is 24.5 Å². The van der Waals surface area contributed by atoms with Gasteiger partial charge in [-0.15, -0.1) is 0 Å². The maximum absolute atomic E-state index is 12.5. The van der Waals surface area contributed by atoms with Gasteiger partial charge in [-0.1, -0.05) is 289 Å². The third-order valence-corrected chi connectivity index (χ3v) is 14.3. The minimum Gasteiger partial charge on any atom is -0.466 e. The number of nitrogens with one attached hydrogen (secondary N) is 1. The Balaban J connectivity index is 3.40. The van der Waals surface area contributed by atoms with Gasteiger partial charge in [0, 0.05) is 12.8 Å². The molecule has 0 radical (unpaired) electrons. The zero-order chi connectivity index (χ0) is 49.3. The van der Waals surface area contributed by atoms with Gasteiger partial charge in [0.05, 0.1) is 25.4 Å². The summed E-state index contributed by atoms with van der Waals surface area (Å²) in [4.78, 5) is 24.6. The van der Waals surface area contributed by atoms with E-state index in [2.05, 4.69) is 43.5 Å². The molecular formula is C62H119NO5. The van der Waals surface area contributed by atoms with E-state index in [1.807, 2.05) is 0 Å². The average molecular weight is 959 g/mol. The molecule has 0 aromatic carbocycles. The molecule has 0 saturated carbocycles. The molecule has 0 aromatic heterocycles. The van der Waals surface area contributed by atoms with Crippen LogP contribution in [0.4, 0.5) is 0 Å². The monoisotopic (exact) mass is 958 g/mol. The molecule has 0 fully saturated rings. The molecule has 0 aliphatic carbocycles. The van der Waals surface area contributed by atoms with Gasteiger partial charge in [0.1, 0.15) is 0 Å². The number of hydrogen-bond acceptors (Lipinski definition) is 5. The lowest BCUT2D eigenvalue weighted by molar-refractivity contribution is -0.143. The number of unbranched alkanes of at least 4 members (excludes halogenated alkanes) is 42. The topological polar surface area (TPSA) is 95.9 Å². The fourth-order valence-corrected chi connectivity index (χ4v) is 9.55. The van der Waals surface area contributed by atoms with Crippen molar-refractivity contribution in [1.29, 1.82) is 0 Å². The highest BCUT2D eigenvalue weighted by molar-refractivity contribution is 5.76. The van der Waals surface area contributed by atoms with Crippen molar-refractivity contribution in [3.8, 4) is 0 Å². The van der Waals surface area contributed by atoms with E-state index in [0.717, 1.165) is 51.4 Å². The van der Waals surface area contributed by atoms with Crippen LogP contribution in [-0.4, -0.2) is 47.4 Å². The molecule has 0 saturated heterocycles. The van der Waals surface area contributed by atoms with Crippen LogP contribution in [0.15, 0.2) is 24.3 Å². The van der Waals surface area contributed by atoms with Crippen LogP contribution in [0.5, 0.6) is 0 Å². The first-order chi connectivity index (χ1) is 33.5. The summed E-state index contributed by atoms with van der Waals surface area (Å²) in [5, 5.41) is 23.3. The molecular weight excluding hydrogens is 839 g/mol. The zero-order valence-electron chi connectivity index (χ0n) is 45.9. The molecule has 0 aliphatic rings. The summed E-state index contributed by atoms with van der Waals surface area (Å²) in [6, 6.07) is -0.544. The largest absolute Gasteiger partial charge is 0.466 e. The molecule has 0 heterocycles. The first kappa shape index (κ1) is 66.3. The van der Waals surface area contributed by atoms with Gasteiger partial charge in [-0.25, -0.2) is 0 Å². The van der Waals surface area contributed by atoms with Gasteiger partial charge in [-0.05, 0) is 57.8 Å². The number of carbonyl (C=O) groups excluding carboxylic acids is 2. The molecule has 0 spiro atoms. The Labute approximate surface area is 424 Å². The minimum atomic E-state index is -0.666. The van der Waals surface area contributed by atoms with E-state index in [9.17, 15) is 19.8 Å². The molecule has 0 rings (SSSR count). The Morgan fingerprint density at radius 1 is 0.412 bits per heavy atom. The smallest absolute Gasteiger partial charge is 0.305 e. The van der Waals surface area contributed by atoms with Crippen molar-refractivity contribution in [3.63, 3.8) is 0 Å². The third-order valence-electron chi connectivity index (χ3n) is 14.3. The van der Waals surface area contributed by atoms with Crippen molar-refractivity contribution in [3.05, 3.63) is 24.3 Å². The van der Waals surface area contributed by atoms with E-state index in [1.165, 1.54) is 250 Å². The fraction of sp³-hybridized carbons (Fsp3) is 0.903. The van der Waals surface area contributed by atoms with Gasteiger partial charge >= 0.3 is 5.97 Å². The maximum atomic E-state index is 12.5. The van der Waals surface area contributed by atoms with Gasteiger partial charge < -0.3 is 20.3 Å². The van der Waals surface area contributed by atoms with E-state index in [-0.39, 0.29) is 18.5 Å². The first-order valence-electron chi connectivity index (χ1n) is 30.6. The first-order valence-corrected chi connectivity index (χ1v) is 30.6. The molecule has 402 valence electrons. The van der Waals surface area contributed by atoms with E-state index in [4.69, 9.17) is 4.74 Å². The van der Waals surface area contributed by atoms with Crippen molar-refractivity contribution in [2.45, 2.75) is 347 Å². The van der Waals surface area contributed by atoms with Gasteiger partial charge in [0.15, 0.2) is 0 Å². The molecule has 6 nitrogen and oxygen atoms in total. The predicted octanol–water partition coefficient (Wildman–Crippen LogP) is 19.0. The third kappa shape index (κ3) is 53.7. The van der Waals surface area contributed by atoms with Crippen LogP contribution in [0, 0.1) is 0 Å². The zero-order valence-corrected chi connectivity index (χ0v) is 45.9. The highest BCUT2D eigenvalue weighted by atomic mass is 16.5. The van der Waals surface area contributed by atoms with Gasteiger partial charge in [-0.2, -0.15) is 0 Å². The highest BCUT2D eigenvalue weighted by Crippen LogP contribution is 2.18. The highest BCUT2D eigenvalue weighted by Gasteiger charge is 2.20. The number of rotatable bonds is 57. The molecule has 0 bridgehead atoms. The van der Waals surface area contributed by atoms with Crippen molar-refractivity contribution in [2.24, 2.45) is 0 Å². The Kier molecular flexibility index (Phi) is 56.5. The standard InChI is InChI=1S/C62H119NO5/c1-3-5-7-9-11-13-15-17-19-26-30-34-38-42-46-50-54-60(65)59(58-64)63-61(66)55-51-47-43-39-35-31-27-24-22-21-23-25-29-33-37-41-45-49-53-57-68-62(67)56-52-48-44-40-36-32-28-20-18-16-14-12-10-8-6-4-2/h14,16,20,28,59-60,64-65H,3-13,15,17-19,21-27,29-58H2,1-2H3,(H,63,66)/b16-14-,28-20-. The van der Waals surface area contributed by atoms with E-state index >= 15 is 0 Å². The number of aliphatic hydroxyl groups excluding tert-OH is 2. The number of amides is 1. The molecule has 0 aliphatic heterocycles. The van der Waals surface area contributed by atoms with Crippen molar-refractivity contribution in [2.75, 3.05) is 13.2 Å². The summed E-state index contributed by atoms with van der Waals surface area (Å²) < 4.78 is 5.48. The van der Waals surface area contributed by atoms with E-state index < -0.39 is 12.1 Å². The van der Waals surface area contributed by atoms with Crippen LogP contribution in [0.3, 0.4) is 0 Å². The maximum Gasteiger partial charge on any atom is 0.305 e. The summed E-state index contributed by atoms with van der Waals surface area (Å²) in [5.74, 6) is -0.0399. The lowest BCUT2D eigenvalue weighted by Gasteiger charge is -2.22. The lowest BCUT2D eigenvalue weighted by Crippen LogP contribution is -2.45. The number of esters is 1. The van der Waals surface area contributed by atoms with Crippen LogP contribution in [0.1, 0.15) is 335 Å². The summed E-state index contributed by atoms with van der Waals surface area (Å²) in [7, 11) is 0. The van der Waals surface area contributed by atoms with Gasteiger partial charge in [0.25, 0.3) is 0 Å². The molecule has 3 N–H and O–H groups in total. The van der Waals surface area contributed by atoms with Crippen molar-refractivity contribution in [1.82, 2.24) is 5.32 Å². The fourth-order valence-electron chi connectivity index (χ4n) is 9.55. The quantitative estimate of drug-likeness (QED) is 0.0321. The number of aliphatic hydroxyl groups is 2. The summed E-state index contributed by atoms with van der Waals surface area (Å²) in [6.07, 6.45) is 70.3. The van der Waals surface area contributed by atoms with Crippen LogP contribution >= 0.6 is 0 Å². The Bertz CT molecular complexity index is 1060. The van der Waals surface area contributed by atoms with Crippen LogP contribution in [-0.2, 0) is 14.3 Å². The van der Waals surface area contributed by atoms with Gasteiger partial charge in [-0.3, -0.25) is 9.59 Å². The molecule has 2 unspecified atom stereocenters. The molecule has 1 amide bonds. The molecule has 2 atom stereocenters. The normalized spacial score (nSPS) is 12.7. The van der Waals surface area contributed by atoms with E-state index in [0.29, 0.717) is 25.9 Å². The SMILES string of the molecule is CCCCCC/C=C\C/C=C\CCCCCCCC(=O)OCCCCCCCCCCCCCCCCCCCCCC(=O)NC(CO)C(O)CCCCCCCCCCCCCCCCCC. The molecule has 68 heavy (non-hydrogen) atoms. The summed E-state index contributed by atoms with van der Waals surface area (Å²) in [5.41, 5.74) is 0. The van der Waals surface area contributed by atoms with Crippen LogP contribution in [0.2, 0.25) is 0 Å². The van der Waals surface area contributed by atoms with Gasteiger partial charge in [0.2, 0.25) is 5.91 Å². The number of hydrogen-bond donors (Lipinski definition) is 3. The minimum absolute atomic E-state index is 0.00391. The van der Waals surface area contributed by atoms with Crippen LogP contribution in [0.25, 0.3) is 0 Å². The lowest BCUT2D eigenvalue weighted by atomic mass is 10.0. The Morgan fingerprint density at radius 2 is 0.735 bits per heavy atom.